The molecule has 0 heterocycles. The van der Waals surface area contributed by atoms with Crippen LogP contribution in [-0.4, -0.2) is 46.9 Å². The highest BCUT2D eigenvalue weighted by Gasteiger charge is 2.14. The van der Waals surface area contributed by atoms with E-state index in [1.807, 2.05) is 0 Å². The maximum absolute atomic E-state index is 11.2. The average Bonchev–Trinajstić information content (AvgIpc) is 2.27. The number of sulfonamides is 1. The van der Waals surface area contributed by atoms with Gasteiger partial charge in [0.2, 0.25) is 10.0 Å². The summed E-state index contributed by atoms with van der Waals surface area (Å²) in [4.78, 5) is 1.63. The number of rotatable bonds is 6. The summed E-state index contributed by atoms with van der Waals surface area (Å²) in [7, 11) is -0.564. The Morgan fingerprint density at radius 2 is 2.11 bits per heavy atom. The molecule has 1 aromatic carbocycles. The molecule has 0 saturated carbocycles. The first-order chi connectivity index (χ1) is 8.75. The lowest BCUT2D eigenvalue weighted by atomic mass is 10.2. The highest BCUT2D eigenvalue weighted by atomic mass is 32.2. The van der Waals surface area contributed by atoms with E-state index in [0.717, 1.165) is 0 Å². The van der Waals surface area contributed by atoms with Crippen molar-refractivity contribution in [2.75, 3.05) is 37.9 Å². The van der Waals surface area contributed by atoms with Crippen LogP contribution in [0.15, 0.2) is 23.1 Å². The molecule has 0 fully saturated rings. The number of aliphatic hydroxyl groups is 1. The molecule has 0 aliphatic rings. The Labute approximate surface area is 112 Å². The third kappa shape index (κ3) is 4.35. The Bertz CT molecular complexity index is 533. The summed E-state index contributed by atoms with van der Waals surface area (Å²) >= 11 is 0. The molecule has 8 heteroatoms. The van der Waals surface area contributed by atoms with Crippen LogP contribution in [0.4, 0.5) is 11.4 Å². The van der Waals surface area contributed by atoms with Crippen LogP contribution in [-0.2, 0) is 14.8 Å². The lowest BCUT2D eigenvalue weighted by Crippen LogP contribution is -2.32. The maximum atomic E-state index is 11.2. The third-order valence-electron chi connectivity index (χ3n) is 2.58. The van der Waals surface area contributed by atoms with E-state index in [0.29, 0.717) is 12.2 Å². The minimum Gasteiger partial charge on any atom is -0.398 e. The first-order valence-corrected chi connectivity index (χ1v) is 7.10. The van der Waals surface area contributed by atoms with Crippen molar-refractivity contribution in [3.05, 3.63) is 18.2 Å². The second-order valence-electron chi connectivity index (χ2n) is 4.26. The van der Waals surface area contributed by atoms with E-state index in [2.05, 4.69) is 0 Å². The van der Waals surface area contributed by atoms with Gasteiger partial charge in [-0.15, -0.1) is 0 Å². The van der Waals surface area contributed by atoms with Gasteiger partial charge in [-0.05, 0) is 18.2 Å². The van der Waals surface area contributed by atoms with Crippen molar-refractivity contribution in [3.63, 3.8) is 0 Å². The van der Waals surface area contributed by atoms with Crippen molar-refractivity contribution >= 4 is 21.4 Å². The molecule has 1 atom stereocenters. The topological polar surface area (TPSA) is 119 Å². The van der Waals surface area contributed by atoms with Gasteiger partial charge in [0, 0.05) is 26.4 Å². The molecule has 0 radical (unpaired) electrons. The number of nitrogens with two attached hydrogens (primary N) is 2. The molecule has 1 unspecified atom stereocenters. The van der Waals surface area contributed by atoms with E-state index in [1.165, 1.54) is 19.2 Å². The number of nitrogen functional groups attached to an aromatic ring is 1. The number of hydrogen-bond donors (Lipinski definition) is 3. The van der Waals surface area contributed by atoms with Crippen molar-refractivity contribution in [3.8, 4) is 0 Å². The van der Waals surface area contributed by atoms with Crippen molar-refractivity contribution in [2.24, 2.45) is 5.14 Å². The lowest BCUT2D eigenvalue weighted by Gasteiger charge is -2.23. The van der Waals surface area contributed by atoms with Crippen LogP contribution in [0.5, 0.6) is 0 Å². The monoisotopic (exact) mass is 289 g/mol. The zero-order valence-electron chi connectivity index (χ0n) is 10.9. The number of anilines is 2. The standard InChI is InChI=1S/C11H19N3O4S/c1-14(6-9(15)7-18-2)8-3-4-11(10(12)5-8)19(13,16)17/h3-5,9,15H,6-7,12H2,1-2H3,(H2,13,16,17). The van der Waals surface area contributed by atoms with Gasteiger partial charge in [-0.25, -0.2) is 13.6 Å². The molecule has 0 aliphatic carbocycles. The van der Waals surface area contributed by atoms with Gasteiger partial charge < -0.3 is 20.5 Å². The molecule has 19 heavy (non-hydrogen) atoms. The first kappa shape index (κ1) is 15.7. The summed E-state index contributed by atoms with van der Waals surface area (Å²) in [6.07, 6.45) is -0.644. The van der Waals surface area contributed by atoms with Crippen LogP contribution in [0.3, 0.4) is 0 Å². The van der Waals surface area contributed by atoms with Crippen LogP contribution >= 0.6 is 0 Å². The van der Waals surface area contributed by atoms with Gasteiger partial charge in [0.05, 0.1) is 18.4 Å². The van der Waals surface area contributed by atoms with Crippen LogP contribution in [0.25, 0.3) is 0 Å². The number of hydrogen-bond acceptors (Lipinski definition) is 6. The van der Waals surface area contributed by atoms with E-state index in [9.17, 15) is 13.5 Å². The average molecular weight is 289 g/mol. The maximum Gasteiger partial charge on any atom is 0.240 e. The number of benzene rings is 1. The second kappa shape index (κ2) is 6.20. The Morgan fingerprint density at radius 3 is 2.58 bits per heavy atom. The fraction of sp³-hybridized carbons (Fsp3) is 0.455. The molecular formula is C11H19N3O4S. The molecule has 0 aliphatic heterocycles. The largest absolute Gasteiger partial charge is 0.398 e. The van der Waals surface area contributed by atoms with Crippen LogP contribution < -0.4 is 15.8 Å². The Morgan fingerprint density at radius 1 is 1.47 bits per heavy atom. The summed E-state index contributed by atoms with van der Waals surface area (Å²) in [5.41, 5.74) is 6.42. The summed E-state index contributed by atoms with van der Waals surface area (Å²) in [5, 5.41) is 14.6. The van der Waals surface area contributed by atoms with Crippen LogP contribution in [0.2, 0.25) is 0 Å². The quantitative estimate of drug-likeness (QED) is 0.599. The molecule has 108 valence electrons. The molecular weight excluding hydrogens is 270 g/mol. The van der Waals surface area contributed by atoms with E-state index in [-0.39, 0.29) is 17.2 Å². The number of likely N-dealkylation sites (N-methyl/N-ethyl adjacent to an activating group) is 1. The third-order valence-corrected chi connectivity index (χ3v) is 3.57. The minimum absolute atomic E-state index is 0.0769. The zero-order valence-corrected chi connectivity index (χ0v) is 11.7. The number of ether oxygens (including phenoxy) is 1. The number of nitrogens with zero attached hydrogens (tertiary/aromatic N) is 1. The molecule has 0 spiro atoms. The molecule has 1 rings (SSSR count). The van der Waals surface area contributed by atoms with Crippen molar-refractivity contribution in [1.82, 2.24) is 0 Å². The minimum atomic E-state index is -3.82. The summed E-state index contributed by atoms with van der Waals surface area (Å²) in [6.45, 7) is 0.553. The smallest absolute Gasteiger partial charge is 0.240 e. The van der Waals surface area contributed by atoms with Gasteiger partial charge in [0.15, 0.2) is 0 Å². The van der Waals surface area contributed by atoms with Gasteiger partial charge >= 0.3 is 0 Å². The predicted octanol–water partition coefficient (Wildman–Crippen LogP) is -0.640. The molecule has 0 amide bonds. The fourth-order valence-corrected chi connectivity index (χ4v) is 2.34. The van der Waals surface area contributed by atoms with E-state index in [4.69, 9.17) is 15.6 Å². The molecule has 0 bridgehead atoms. The van der Waals surface area contributed by atoms with Crippen molar-refractivity contribution < 1.29 is 18.3 Å². The van der Waals surface area contributed by atoms with E-state index < -0.39 is 16.1 Å². The van der Waals surface area contributed by atoms with Crippen molar-refractivity contribution in [2.45, 2.75) is 11.0 Å². The summed E-state index contributed by atoms with van der Waals surface area (Å²) < 4.78 is 27.3. The van der Waals surface area contributed by atoms with E-state index in [1.54, 1.807) is 18.0 Å². The lowest BCUT2D eigenvalue weighted by molar-refractivity contribution is 0.0695. The SMILES string of the molecule is COCC(O)CN(C)c1ccc(S(N)(=O)=O)c(N)c1. The zero-order chi connectivity index (χ0) is 14.6. The summed E-state index contributed by atoms with van der Waals surface area (Å²) in [6, 6.07) is 4.42. The van der Waals surface area contributed by atoms with Gasteiger partial charge in [-0.3, -0.25) is 0 Å². The Balaban J connectivity index is 2.89. The molecule has 1 aromatic rings. The van der Waals surface area contributed by atoms with E-state index >= 15 is 0 Å². The van der Waals surface area contributed by atoms with Crippen molar-refractivity contribution in [1.29, 1.82) is 0 Å². The summed E-state index contributed by atoms with van der Waals surface area (Å²) in [5.74, 6) is 0. The molecule has 0 saturated heterocycles. The second-order valence-corrected chi connectivity index (χ2v) is 5.79. The normalized spacial score (nSPS) is 13.3. The highest BCUT2D eigenvalue weighted by Crippen LogP contribution is 2.23. The number of methoxy groups -OCH3 is 1. The van der Waals surface area contributed by atoms with Gasteiger partial charge in [0.25, 0.3) is 0 Å². The predicted molar refractivity (Wildman–Crippen MR) is 73.4 cm³/mol. The fourth-order valence-electron chi connectivity index (χ4n) is 1.70. The van der Waals surface area contributed by atoms with Crippen LogP contribution in [0, 0.1) is 0 Å². The number of aliphatic hydroxyl groups excluding tert-OH is 1. The van der Waals surface area contributed by atoms with Gasteiger partial charge in [0.1, 0.15) is 4.90 Å². The van der Waals surface area contributed by atoms with Gasteiger partial charge in [-0.1, -0.05) is 0 Å². The molecule has 0 aromatic heterocycles. The Hall–Kier alpha value is -1.35. The Kier molecular flexibility index (Phi) is 5.12. The molecule has 7 nitrogen and oxygen atoms in total. The first-order valence-electron chi connectivity index (χ1n) is 5.56. The van der Waals surface area contributed by atoms with Crippen LogP contribution in [0.1, 0.15) is 0 Å². The molecule has 5 N–H and O–H groups in total. The number of primary sulfonamides is 1. The van der Waals surface area contributed by atoms with Gasteiger partial charge in [-0.2, -0.15) is 0 Å². The highest BCUT2D eigenvalue weighted by molar-refractivity contribution is 7.89.